The summed E-state index contributed by atoms with van der Waals surface area (Å²) >= 11 is 0. The van der Waals surface area contributed by atoms with Crippen molar-refractivity contribution in [2.75, 3.05) is 4.90 Å². The Morgan fingerprint density at radius 2 is 1.63 bits per heavy atom. The van der Waals surface area contributed by atoms with E-state index in [0.717, 1.165) is 0 Å². The van der Waals surface area contributed by atoms with Crippen LogP contribution in [0.15, 0.2) is 42.5 Å². The van der Waals surface area contributed by atoms with Gasteiger partial charge in [-0.15, -0.1) is 0 Å². The lowest BCUT2D eigenvalue weighted by atomic mass is 10.0. The van der Waals surface area contributed by atoms with Crippen molar-refractivity contribution in [3.05, 3.63) is 68.3 Å². The lowest BCUT2D eigenvalue weighted by Crippen LogP contribution is -2.48. The van der Waals surface area contributed by atoms with E-state index in [2.05, 4.69) is 0 Å². The number of ether oxygens (including phenoxy) is 1. The number of non-ortho nitro benzene ring substituents is 2. The molecular weight excluding hydrogens is 354 g/mol. The van der Waals surface area contributed by atoms with Crippen molar-refractivity contribution in [1.29, 1.82) is 0 Å². The molecule has 3 rings (SSSR count). The second-order valence-electron chi connectivity index (χ2n) is 6.54. The molecule has 0 radical (unpaired) electrons. The minimum Gasteiger partial charge on any atom is -0.478 e. The molecule has 0 N–H and O–H groups in total. The maximum absolute atomic E-state index is 12.9. The van der Waals surface area contributed by atoms with Gasteiger partial charge in [0.05, 0.1) is 28.1 Å². The van der Waals surface area contributed by atoms with Crippen LogP contribution in [0.3, 0.4) is 0 Å². The molecule has 140 valence electrons. The van der Waals surface area contributed by atoms with Crippen molar-refractivity contribution in [3.8, 4) is 5.75 Å². The minimum absolute atomic E-state index is 0.0388. The molecule has 0 saturated carbocycles. The monoisotopic (exact) mass is 371 g/mol. The molecule has 0 bridgehead atoms. The van der Waals surface area contributed by atoms with Crippen LogP contribution in [0.4, 0.5) is 17.1 Å². The molecule has 1 amide bonds. The molecule has 1 unspecified atom stereocenters. The number of hydrogen-bond acceptors (Lipinski definition) is 6. The highest BCUT2D eigenvalue weighted by Gasteiger charge is 2.37. The SMILES string of the molecule is CC(C)C1Oc2cc([N+](=O)[O-])ccc2N(Cc2ccc([N+](=O)[O-])cc2)C1=O. The average Bonchev–Trinajstić information content (AvgIpc) is 2.63. The fraction of sp³-hybridized carbons (Fsp3) is 0.278. The number of benzene rings is 2. The Morgan fingerprint density at radius 3 is 2.19 bits per heavy atom. The van der Waals surface area contributed by atoms with E-state index in [4.69, 9.17) is 4.74 Å². The predicted octanol–water partition coefficient (Wildman–Crippen LogP) is 3.45. The molecule has 0 fully saturated rings. The molecule has 0 aromatic heterocycles. The first-order valence-electron chi connectivity index (χ1n) is 8.27. The second-order valence-corrected chi connectivity index (χ2v) is 6.54. The van der Waals surface area contributed by atoms with Crippen LogP contribution in [0.25, 0.3) is 0 Å². The number of amides is 1. The molecule has 0 spiro atoms. The highest BCUT2D eigenvalue weighted by atomic mass is 16.6. The number of anilines is 1. The number of fused-ring (bicyclic) bond motifs is 1. The molecule has 1 aliphatic heterocycles. The highest BCUT2D eigenvalue weighted by molar-refractivity contribution is 6.00. The summed E-state index contributed by atoms with van der Waals surface area (Å²) in [6.07, 6.45) is -0.766. The van der Waals surface area contributed by atoms with E-state index >= 15 is 0 Å². The lowest BCUT2D eigenvalue weighted by molar-refractivity contribution is -0.385. The van der Waals surface area contributed by atoms with E-state index in [0.29, 0.717) is 11.3 Å². The van der Waals surface area contributed by atoms with E-state index in [9.17, 15) is 25.0 Å². The average molecular weight is 371 g/mol. The zero-order chi connectivity index (χ0) is 19.7. The first-order valence-corrected chi connectivity index (χ1v) is 8.27. The van der Waals surface area contributed by atoms with Crippen LogP contribution in [-0.4, -0.2) is 21.9 Å². The zero-order valence-electron chi connectivity index (χ0n) is 14.7. The molecule has 9 nitrogen and oxygen atoms in total. The Labute approximate surface area is 154 Å². The quantitative estimate of drug-likeness (QED) is 0.587. The Balaban J connectivity index is 1.98. The highest BCUT2D eigenvalue weighted by Crippen LogP contribution is 2.39. The molecule has 27 heavy (non-hydrogen) atoms. The van der Waals surface area contributed by atoms with Crippen molar-refractivity contribution in [2.45, 2.75) is 26.5 Å². The molecule has 2 aromatic carbocycles. The van der Waals surface area contributed by atoms with E-state index in [1.54, 1.807) is 12.1 Å². The normalized spacial score (nSPS) is 16.0. The maximum atomic E-state index is 12.9. The molecule has 2 aromatic rings. The van der Waals surface area contributed by atoms with Crippen LogP contribution >= 0.6 is 0 Å². The minimum atomic E-state index is -0.766. The second kappa shape index (κ2) is 7.02. The van der Waals surface area contributed by atoms with E-state index < -0.39 is 16.0 Å². The summed E-state index contributed by atoms with van der Waals surface area (Å²) in [5.74, 6) is -0.126. The zero-order valence-corrected chi connectivity index (χ0v) is 14.7. The summed E-state index contributed by atoms with van der Waals surface area (Å²) in [5, 5.41) is 21.8. The number of nitro groups is 2. The maximum Gasteiger partial charge on any atom is 0.273 e. The summed E-state index contributed by atoms with van der Waals surface area (Å²) in [6.45, 7) is 3.83. The molecule has 1 atom stereocenters. The molecule has 9 heteroatoms. The van der Waals surface area contributed by atoms with Gasteiger partial charge in [0.15, 0.2) is 11.9 Å². The van der Waals surface area contributed by atoms with Crippen LogP contribution < -0.4 is 9.64 Å². The molecule has 1 heterocycles. The van der Waals surface area contributed by atoms with Gasteiger partial charge in [-0.25, -0.2) is 0 Å². The van der Waals surface area contributed by atoms with Gasteiger partial charge >= 0.3 is 0 Å². The van der Waals surface area contributed by atoms with Gasteiger partial charge in [0.2, 0.25) is 0 Å². The summed E-state index contributed by atoms with van der Waals surface area (Å²) in [7, 11) is 0. The lowest BCUT2D eigenvalue weighted by Gasteiger charge is -2.35. The number of nitro benzene ring substituents is 2. The third-order valence-corrected chi connectivity index (χ3v) is 4.30. The standard InChI is InChI=1S/C18H17N3O6/c1-11(2)17-18(22)19(10-12-3-5-13(6-4-12)20(23)24)15-8-7-14(21(25)26)9-16(15)27-17/h3-9,11,17H,10H2,1-2H3. The topological polar surface area (TPSA) is 116 Å². The fourth-order valence-electron chi connectivity index (χ4n) is 2.88. The van der Waals surface area contributed by atoms with Crippen LogP contribution in [0, 0.1) is 26.1 Å². The van der Waals surface area contributed by atoms with Gasteiger partial charge in [-0.2, -0.15) is 0 Å². The molecule has 0 saturated heterocycles. The van der Waals surface area contributed by atoms with Crippen molar-refractivity contribution in [2.24, 2.45) is 5.92 Å². The van der Waals surface area contributed by atoms with E-state index in [1.165, 1.54) is 35.2 Å². The third kappa shape index (κ3) is 3.57. The number of hydrogen-bond donors (Lipinski definition) is 0. The van der Waals surface area contributed by atoms with Crippen molar-refractivity contribution >= 4 is 23.0 Å². The van der Waals surface area contributed by atoms with E-state index in [1.807, 2.05) is 13.8 Å². The fourth-order valence-corrected chi connectivity index (χ4v) is 2.88. The number of carbonyl (C=O) groups is 1. The van der Waals surface area contributed by atoms with E-state index in [-0.39, 0.29) is 35.5 Å². The third-order valence-electron chi connectivity index (χ3n) is 4.30. The van der Waals surface area contributed by atoms with Crippen LogP contribution in [0.5, 0.6) is 5.75 Å². The first-order chi connectivity index (χ1) is 12.8. The first kappa shape index (κ1) is 18.3. The van der Waals surface area contributed by atoms with Gasteiger partial charge in [-0.05, 0) is 17.5 Å². The Kier molecular flexibility index (Phi) is 4.76. The summed E-state index contributed by atoms with van der Waals surface area (Å²) in [5.41, 5.74) is 0.965. The van der Waals surface area contributed by atoms with Gasteiger partial charge in [-0.3, -0.25) is 25.0 Å². The molecule has 0 aliphatic carbocycles. The number of rotatable bonds is 5. The van der Waals surface area contributed by atoms with Gasteiger partial charge in [0, 0.05) is 18.2 Å². The molecular formula is C18H17N3O6. The van der Waals surface area contributed by atoms with Crippen molar-refractivity contribution < 1.29 is 19.4 Å². The van der Waals surface area contributed by atoms with Gasteiger partial charge in [-0.1, -0.05) is 26.0 Å². The summed E-state index contributed by atoms with van der Waals surface area (Å²) in [6, 6.07) is 10.0. The van der Waals surface area contributed by atoms with Crippen molar-refractivity contribution in [3.63, 3.8) is 0 Å². The van der Waals surface area contributed by atoms with Crippen LogP contribution in [0.2, 0.25) is 0 Å². The van der Waals surface area contributed by atoms with Crippen LogP contribution in [0.1, 0.15) is 19.4 Å². The summed E-state index contributed by atoms with van der Waals surface area (Å²) < 4.78 is 5.73. The van der Waals surface area contributed by atoms with Crippen LogP contribution in [-0.2, 0) is 11.3 Å². The number of carbonyl (C=O) groups excluding carboxylic acids is 1. The Hall–Kier alpha value is -3.49. The van der Waals surface area contributed by atoms with Gasteiger partial charge in [0.25, 0.3) is 17.3 Å². The van der Waals surface area contributed by atoms with Gasteiger partial charge in [0.1, 0.15) is 0 Å². The smallest absolute Gasteiger partial charge is 0.273 e. The summed E-state index contributed by atoms with van der Waals surface area (Å²) in [4.78, 5) is 35.2. The predicted molar refractivity (Wildman–Crippen MR) is 96.6 cm³/mol. The van der Waals surface area contributed by atoms with Gasteiger partial charge < -0.3 is 9.64 Å². The Bertz CT molecular complexity index is 910. The Morgan fingerprint density at radius 1 is 1.04 bits per heavy atom. The van der Waals surface area contributed by atoms with Crippen molar-refractivity contribution in [1.82, 2.24) is 0 Å². The largest absolute Gasteiger partial charge is 0.478 e. The molecule has 1 aliphatic rings. The number of nitrogens with zero attached hydrogens (tertiary/aromatic N) is 3.